The van der Waals surface area contributed by atoms with Crippen molar-refractivity contribution < 1.29 is 4.74 Å². The van der Waals surface area contributed by atoms with Gasteiger partial charge in [0.2, 0.25) is 0 Å². The van der Waals surface area contributed by atoms with Crippen LogP contribution in [-0.4, -0.2) is 41.7 Å². The molecule has 0 spiro atoms. The fraction of sp³-hybridized carbons (Fsp3) is 0.643. The molecule has 2 heterocycles. The molecular formula is C14H23N3O. The maximum absolute atomic E-state index is 5.85. The molecule has 1 aliphatic heterocycles. The third-order valence-electron chi connectivity index (χ3n) is 3.56. The quantitative estimate of drug-likeness (QED) is 0.882. The van der Waals surface area contributed by atoms with Crippen molar-refractivity contribution in [1.29, 1.82) is 0 Å². The lowest BCUT2D eigenvalue weighted by atomic mass is 9.98. The molecule has 1 aromatic rings. The monoisotopic (exact) mass is 249 g/mol. The van der Waals surface area contributed by atoms with Crippen LogP contribution in [0.2, 0.25) is 0 Å². The van der Waals surface area contributed by atoms with Crippen molar-refractivity contribution in [3.8, 4) is 0 Å². The Kier molecular flexibility index (Phi) is 4.32. The molecule has 0 aliphatic carbocycles. The van der Waals surface area contributed by atoms with Gasteiger partial charge in [-0.25, -0.2) is 0 Å². The van der Waals surface area contributed by atoms with Gasteiger partial charge in [0, 0.05) is 31.0 Å². The SMILES string of the molecule is Cc1ccc(C2C(CN)OCCN2C(C)C)cn1. The zero-order valence-corrected chi connectivity index (χ0v) is 11.5. The van der Waals surface area contributed by atoms with E-state index < -0.39 is 0 Å². The van der Waals surface area contributed by atoms with Crippen LogP contribution in [0.4, 0.5) is 0 Å². The van der Waals surface area contributed by atoms with Crippen LogP contribution in [0.15, 0.2) is 18.3 Å². The number of hydrogen-bond donors (Lipinski definition) is 1. The second-order valence-electron chi connectivity index (χ2n) is 5.15. The van der Waals surface area contributed by atoms with E-state index in [0.29, 0.717) is 12.6 Å². The number of morpholine rings is 1. The van der Waals surface area contributed by atoms with Crippen molar-refractivity contribution in [2.45, 2.75) is 39.0 Å². The van der Waals surface area contributed by atoms with Crippen LogP contribution >= 0.6 is 0 Å². The molecule has 0 saturated carbocycles. The van der Waals surface area contributed by atoms with E-state index in [1.165, 1.54) is 5.56 Å². The average Bonchev–Trinajstić information content (AvgIpc) is 2.38. The number of rotatable bonds is 3. The van der Waals surface area contributed by atoms with Gasteiger partial charge >= 0.3 is 0 Å². The summed E-state index contributed by atoms with van der Waals surface area (Å²) in [7, 11) is 0. The molecule has 0 aromatic carbocycles. The summed E-state index contributed by atoms with van der Waals surface area (Å²) in [6.07, 6.45) is 2.01. The molecule has 4 heteroatoms. The zero-order valence-electron chi connectivity index (χ0n) is 11.5. The number of ether oxygens (including phenoxy) is 1. The fourth-order valence-corrected chi connectivity index (χ4v) is 2.59. The van der Waals surface area contributed by atoms with Gasteiger partial charge in [-0.1, -0.05) is 6.07 Å². The standard InChI is InChI=1S/C14H23N3O/c1-10(2)17-6-7-18-13(8-15)14(17)12-5-4-11(3)16-9-12/h4-5,9-10,13-14H,6-8,15H2,1-3H3. The largest absolute Gasteiger partial charge is 0.374 e. The molecule has 2 N–H and O–H groups in total. The highest BCUT2D eigenvalue weighted by Gasteiger charge is 2.34. The van der Waals surface area contributed by atoms with E-state index in [1.54, 1.807) is 0 Å². The predicted octanol–water partition coefficient (Wildman–Crippen LogP) is 1.50. The Morgan fingerprint density at radius 1 is 1.50 bits per heavy atom. The average molecular weight is 249 g/mol. The molecule has 1 saturated heterocycles. The van der Waals surface area contributed by atoms with Gasteiger partial charge in [-0.3, -0.25) is 9.88 Å². The van der Waals surface area contributed by atoms with Crippen molar-refractivity contribution in [2.24, 2.45) is 5.73 Å². The van der Waals surface area contributed by atoms with Crippen LogP contribution < -0.4 is 5.73 Å². The van der Waals surface area contributed by atoms with Crippen molar-refractivity contribution in [2.75, 3.05) is 19.7 Å². The lowest BCUT2D eigenvalue weighted by molar-refractivity contribution is -0.0790. The van der Waals surface area contributed by atoms with E-state index in [4.69, 9.17) is 10.5 Å². The minimum atomic E-state index is 0.0608. The number of hydrogen-bond acceptors (Lipinski definition) is 4. The molecule has 100 valence electrons. The van der Waals surface area contributed by atoms with Crippen LogP contribution in [0.3, 0.4) is 0 Å². The summed E-state index contributed by atoms with van der Waals surface area (Å²) in [6.45, 7) is 8.69. The van der Waals surface area contributed by atoms with E-state index in [1.807, 2.05) is 13.1 Å². The van der Waals surface area contributed by atoms with Crippen LogP contribution in [0.1, 0.15) is 31.1 Å². The Bertz CT molecular complexity index is 377. The van der Waals surface area contributed by atoms with Gasteiger partial charge in [0.1, 0.15) is 0 Å². The molecule has 0 radical (unpaired) electrons. The van der Waals surface area contributed by atoms with Gasteiger partial charge in [0.15, 0.2) is 0 Å². The molecule has 1 aromatic heterocycles. The highest BCUT2D eigenvalue weighted by molar-refractivity contribution is 5.19. The van der Waals surface area contributed by atoms with Gasteiger partial charge < -0.3 is 10.5 Å². The Labute approximate surface area is 109 Å². The first-order valence-corrected chi connectivity index (χ1v) is 6.63. The first-order valence-electron chi connectivity index (χ1n) is 6.63. The molecule has 2 unspecified atom stereocenters. The molecule has 2 atom stereocenters. The van der Waals surface area contributed by atoms with Gasteiger partial charge in [-0.2, -0.15) is 0 Å². The van der Waals surface area contributed by atoms with Crippen molar-refractivity contribution in [3.63, 3.8) is 0 Å². The minimum absolute atomic E-state index is 0.0608. The summed E-state index contributed by atoms with van der Waals surface area (Å²) in [5.41, 5.74) is 8.09. The Morgan fingerprint density at radius 3 is 2.83 bits per heavy atom. The molecule has 2 rings (SSSR count). The molecule has 0 amide bonds. The van der Waals surface area contributed by atoms with E-state index in [-0.39, 0.29) is 12.1 Å². The molecule has 1 fully saturated rings. The smallest absolute Gasteiger partial charge is 0.0894 e. The lowest BCUT2D eigenvalue weighted by Crippen LogP contribution is -2.50. The summed E-state index contributed by atoms with van der Waals surface area (Å²) < 4.78 is 5.81. The van der Waals surface area contributed by atoms with Crippen LogP contribution in [0.25, 0.3) is 0 Å². The van der Waals surface area contributed by atoms with E-state index in [2.05, 4.69) is 35.9 Å². The maximum Gasteiger partial charge on any atom is 0.0894 e. The summed E-state index contributed by atoms with van der Waals surface area (Å²) in [6, 6.07) is 4.89. The van der Waals surface area contributed by atoms with Crippen LogP contribution in [0, 0.1) is 6.92 Å². The van der Waals surface area contributed by atoms with Gasteiger partial charge in [0.25, 0.3) is 0 Å². The van der Waals surface area contributed by atoms with Gasteiger partial charge in [-0.05, 0) is 32.4 Å². The minimum Gasteiger partial charge on any atom is -0.374 e. The van der Waals surface area contributed by atoms with Crippen LogP contribution in [-0.2, 0) is 4.74 Å². The number of aromatic nitrogens is 1. The first kappa shape index (κ1) is 13.5. The fourth-order valence-electron chi connectivity index (χ4n) is 2.59. The van der Waals surface area contributed by atoms with Crippen LogP contribution in [0.5, 0.6) is 0 Å². The predicted molar refractivity (Wildman–Crippen MR) is 72.4 cm³/mol. The Hall–Kier alpha value is -0.970. The Morgan fingerprint density at radius 2 is 2.28 bits per heavy atom. The molecule has 4 nitrogen and oxygen atoms in total. The molecular weight excluding hydrogens is 226 g/mol. The highest BCUT2D eigenvalue weighted by atomic mass is 16.5. The molecule has 1 aliphatic rings. The topological polar surface area (TPSA) is 51.4 Å². The summed E-state index contributed by atoms with van der Waals surface area (Å²) in [5.74, 6) is 0. The normalized spacial score (nSPS) is 25.6. The van der Waals surface area contributed by atoms with Crippen molar-refractivity contribution in [3.05, 3.63) is 29.6 Å². The maximum atomic E-state index is 5.85. The first-order chi connectivity index (χ1) is 8.63. The number of pyridine rings is 1. The number of aryl methyl sites for hydroxylation is 1. The lowest BCUT2D eigenvalue weighted by Gasteiger charge is -2.43. The second-order valence-corrected chi connectivity index (χ2v) is 5.15. The van der Waals surface area contributed by atoms with Crippen molar-refractivity contribution >= 4 is 0 Å². The Balaban J connectivity index is 2.30. The van der Waals surface area contributed by atoms with E-state index >= 15 is 0 Å². The molecule has 0 bridgehead atoms. The third-order valence-corrected chi connectivity index (χ3v) is 3.56. The number of nitrogens with two attached hydrogens (primary N) is 1. The zero-order chi connectivity index (χ0) is 13.1. The van der Waals surface area contributed by atoms with E-state index in [0.717, 1.165) is 18.8 Å². The van der Waals surface area contributed by atoms with Gasteiger partial charge in [-0.15, -0.1) is 0 Å². The highest BCUT2D eigenvalue weighted by Crippen LogP contribution is 2.30. The van der Waals surface area contributed by atoms with E-state index in [9.17, 15) is 0 Å². The summed E-state index contributed by atoms with van der Waals surface area (Å²) in [5, 5.41) is 0. The second kappa shape index (κ2) is 5.78. The summed E-state index contributed by atoms with van der Waals surface area (Å²) in [4.78, 5) is 6.85. The summed E-state index contributed by atoms with van der Waals surface area (Å²) >= 11 is 0. The third kappa shape index (κ3) is 2.71. The van der Waals surface area contributed by atoms with Gasteiger partial charge in [0.05, 0.1) is 18.8 Å². The number of nitrogens with zero attached hydrogens (tertiary/aromatic N) is 2. The molecule has 18 heavy (non-hydrogen) atoms. The van der Waals surface area contributed by atoms with Crippen molar-refractivity contribution in [1.82, 2.24) is 9.88 Å².